The number of nitrogens with one attached hydrogen (secondary N) is 1. The van der Waals surface area contributed by atoms with E-state index in [9.17, 15) is 10.2 Å². The van der Waals surface area contributed by atoms with Gasteiger partial charge in [0, 0.05) is 24.8 Å². The lowest BCUT2D eigenvalue weighted by Crippen LogP contribution is -2.13. The zero-order chi connectivity index (χ0) is 12.1. The van der Waals surface area contributed by atoms with Crippen molar-refractivity contribution in [3.8, 4) is 11.5 Å². The Labute approximate surface area is 98.8 Å². The molecular formula is C12H13N3O2. The third-order valence-electron chi connectivity index (χ3n) is 2.36. The Kier molecular flexibility index (Phi) is 3.52. The van der Waals surface area contributed by atoms with Gasteiger partial charge in [0.2, 0.25) is 0 Å². The largest absolute Gasteiger partial charge is 0.504 e. The minimum atomic E-state index is -0.105. The SMILES string of the molecule is Oc1cccc(CNCc2ccncn2)c1O. The molecule has 5 nitrogen and oxygen atoms in total. The maximum atomic E-state index is 9.58. The lowest BCUT2D eigenvalue weighted by atomic mass is 10.2. The van der Waals surface area contributed by atoms with Crippen molar-refractivity contribution in [1.82, 2.24) is 15.3 Å². The van der Waals surface area contributed by atoms with Gasteiger partial charge in [-0.2, -0.15) is 0 Å². The van der Waals surface area contributed by atoms with Crippen LogP contribution < -0.4 is 5.32 Å². The van der Waals surface area contributed by atoms with Gasteiger partial charge < -0.3 is 15.5 Å². The van der Waals surface area contributed by atoms with Gasteiger partial charge in [0.25, 0.3) is 0 Å². The lowest BCUT2D eigenvalue weighted by molar-refractivity contribution is 0.397. The van der Waals surface area contributed by atoms with E-state index in [1.54, 1.807) is 18.3 Å². The summed E-state index contributed by atoms with van der Waals surface area (Å²) in [6.45, 7) is 1.04. The van der Waals surface area contributed by atoms with Crippen LogP contribution in [0, 0.1) is 0 Å². The molecule has 0 saturated heterocycles. The number of hydrogen-bond donors (Lipinski definition) is 3. The van der Waals surface area contributed by atoms with E-state index >= 15 is 0 Å². The van der Waals surface area contributed by atoms with E-state index in [0.717, 1.165) is 5.69 Å². The molecule has 0 bridgehead atoms. The molecule has 0 aliphatic heterocycles. The molecule has 0 amide bonds. The van der Waals surface area contributed by atoms with Crippen LogP contribution in [-0.4, -0.2) is 20.2 Å². The monoisotopic (exact) mass is 231 g/mol. The molecule has 0 saturated carbocycles. The molecule has 2 aromatic rings. The Morgan fingerprint density at radius 1 is 1.12 bits per heavy atom. The van der Waals surface area contributed by atoms with Gasteiger partial charge >= 0.3 is 0 Å². The van der Waals surface area contributed by atoms with Crippen molar-refractivity contribution in [2.45, 2.75) is 13.1 Å². The quantitative estimate of drug-likeness (QED) is 0.689. The van der Waals surface area contributed by atoms with Gasteiger partial charge in [0.05, 0.1) is 5.69 Å². The van der Waals surface area contributed by atoms with E-state index in [1.807, 2.05) is 6.07 Å². The maximum absolute atomic E-state index is 9.58. The molecule has 0 unspecified atom stereocenters. The zero-order valence-corrected chi connectivity index (χ0v) is 9.17. The van der Waals surface area contributed by atoms with Gasteiger partial charge in [-0.05, 0) is 12.1 Å². The normalized spacial score (nSPS) is 10.4. The average Bonchev–Trinajstić information content (AvgIpc) is 2.36. The van der Waals surface area contributed by atoms with Gasteiger partial charge in [-0.15, -0.1) is 0 Å². The van der Waals surface area contributed by atoms with Gasteiger partial charge in [0.1, 0.15) is 6.33 Å². The van der Waals surface area contributed by atoms with Crippen molar-refractivity contribution < 1.29 is 10.2 Å². The summed E-state index contributed by atoms with van der Waals surface area (Å²) >= 11 is 0. The van der Waals surface area contributed by atoms with Crippen LogP contribution in [0.15, 0.2) is 36.8 Å². The molecule has 0 atom stereocenters. The summed E-state index contributed by atoms with van der Waals surface area (Å²) < 4.78 is 0. The summed E-state index contributed by atoms with van der Waals surface area (Å²) in [4.78, 5) is 7.89. The Bertz CT molecular complexity index is 488. The smallest absolute Gasteiger partial charge is 0.161 e. The van der Waals surface area contributed by atoms with E-state index in [2.05, 4.69) is 15.3 Å². The predicted octanol–water partition coefficient (Wildman–Crippen LogP) is 1.18. The van der Waals surface area contributed by atoms with Gasteiger partial charge in [-0.25, -0.2) is 9.97 Å². The van der Waals surface area contributed by atoms with Crippen LogP contribution in [0.2, 0.25) is 0 Å². The molecule has 0 fully saturated rings. The van der Waals surface area contributed by atoms with Crippen LogP contribution in [0.5, 0.6) is 11.5 Å². The molecule has 0 aliphatic carbocycles. The van der Waals surface area contributed by atoms with Crippen LogP contribution >= 0.6 is 0 Å². The van der Waals surface area contributed by atoms with Crippen LogP contribution in [0.3, 0.4) is 0 Å². The van der Waals surface area contributed by atoms with Crippen molar-refractivity contribution in [3.05, 3.63) is 48.0 Å². The van der Waals surface area contributed by atoms with E-state index in [0.29, 0.717) is 18.7 Å². The first-order valence-electron chi connectivity index (χ1n) is 5.23. The molecule has 0 spiro atoms. The topological polar surface area (TPSA) is 78.3 Å². The predicted molar refractivity (Wildman–Crippen MR) is 62.3 cm³/mol. The molecule has 2 rings (SSSR count). The van der Waals surface area contributed by atoms with E-state index in [4.69, 9.17) is 0 Å². The maximum Gasteiger partial charge on any atom is 0.161 e. The van der Waals surface area contributed by atoms with Crippen LogP contribution in [0.4, 0.5) is 0 Å². The highest BCUT2D eigenvalue weighted by Crippen LogP contribution is 2.27. The van der Waals surface area contributed by atoms with Gasteiger partial charge in [0.15, 0.2) is 11.5 Å². The van der Waals surface area contributed by atoms with Crippen LogP contribution in [-0.2, 0) is 13.1 Å². The number of hydrogen-bond acceptors (Lipinski definition) is 5. The molecule has 0 radical (unpaired) electrons. The highest BCUT2D eigenvalue weighted by molar-refractivity contribution is 5.44. The number of phenols is 2. The number of aromatic hydroxyl groups is 2. The molecule has 1 heterocycles. The van der Waals surface area contributed by atoms with Crippen molar-refractivity contribution >= 4 is 0 Å². The average molecular weight is 231 g/mol. The summed E-state index contributed by atoms with van der Waals surface area (Å²) in [7, 11) is 0. The highest BCUT2D eigenvalue weighted by atomic mass is 16.3. The van der Waals surface area contributed by atoms with Crippen molar-refractivity contribution in [1.29, 1.82) is 0 Å². The van der Waals surface area contributed by atoms with E-state index < -0.39 is 0 Å². The minimum Gasteiger partial charge on any atom is -0.504 e. The fourth-order valence-corrected chi connectivity index (χ4v) is 1.47. The summed E-state index contributed by atoms with van der Waals surface area (Å²) in [5, 5.41) is 22.0. The highest BCUT2D eigenvalue weighted by Gasteiger charge is 2.04. The Balaban J connectivity index is 1.93. The lowest BCUT2D eigenvalue weighted by Gasteiger charge is -2.07. The summed E-state index contributed by atoms with van der Waals surface area (Å²) in [5.74, 6) is -0.186. The fourth-order valence-electron chi connectivity index (χ4n) is 1.47. The van der Waals surface area contributed by atoms with Gasteiger partial charge in [-0.1, -0.05) is 12.1 Å². The first-order valence-corrected chi connectivity index (χ1v) is 5.23. The summed E-state index contributed by atoms with van der Waals surface area (Å²) in [6, 6.07) is 6.71. The molecule has 1 aromatic carbocycles. The first kappa shape index (κ1) is 11.3. The third kappa shape index (κ3) is 2.92. The summed E-state index contributed by atoms with van der Waals surface area (Å²) in [5.41, 5.74) is 1.53. The second kappa shape index (κ2) is 5.27. The number of nitrogens with zero attached hydrogens (tertiary/aromatic N) is 2. The molecule has 1 aromatic heterocycles. The van der Waals surface area contributed by atoms with E-state index in [-0.39, 0.29) is 11.5 Å². The molecule has 5 heteroatoms. The van der Waals surface area contributed by atoms with Crippen molar-refractivity contribution in [2.75, 3.05) is 0 Å². The molecule has 0 aliphatic rings. The minimum absolute atomic E-state index is 0.0808. The number of para-hydroxylation sites is 1. The third-order valence-corrected chi connectivity index (χ3v) is 2.36. The Morgan fingerprint density at radius 2 is 2.00 bits per heavy atom. The Morgan fingerprint density at radius 3 is 2.76 bits per heavy atom. The van der Waals surface area contributed by atoms with Crippen LogP contribution in [0.25, 0.3) is 0 Å². The summed E-state index contributed by atoms with van der Waals surface area (Å²) in [6.07, 6.45) is 3.17. The number of rotatable bonds is 4. The zero-order valence-electron chi connectivity index (χ0n) is 9.17. The molecule has 3 N–H and O–H groups in total. The number of aromatic nitrogens is 2. The molecule has 17 heavy (non-hydrogen) atoms. The van der Waals surface area contributed by atoms with Gasteiger partial charge in [-0.3, -0.25) is 0 Å². The van der Waals surface area contributed by atoms with Crippen molar-refractivity contribution in [3.63, 3.8) is 0 Å². The number of benzene rings is 1. The standard InChI is InChI=1S/C12H13N3O2/c16-11-3-1-2-9(12(11)17)6-14-7-10-4-5-13-8-15-10/h1-5,8,14,16-17H,6-7H2. The number of phenolic OH excluding ortho intramolecular Hbond substituents is 2. The molecule has 88 valence electrons. The second-order valence-corrected chi connectivity index (χ2v) is 3.59. The second-order valence-electron chi connectivity index (χ2n) is 3.59. The fraction of sp³-hybridized carbons (Fsp3) is 0.167. The van der Waals surface area contributed by atoms with Crippen molar-refractivity contribution in [2.24, 2.45) is 0 Å². The first-order chi connectivity index (χ1) is 8.27. The Hall–Kier alpha value is -2.14. The van der Waals surface area contributed by atoms with Crippen LogP contribution in [0.1, 0.15) is 11.3 Å². The van der Waals surface area contributed by atoms with E-state index in [1.165, 1.54) is 12.4 Å². The molecular weight excluding hydrogens is 218 g/mol.